The lowest BCUT2D eigenvalue weighted by molar-refractivity contribution is -0.384. The molecule has 0 saturated carbocycles. The van der Waals surface area contributed by atoms with Crippen LogP contribution in [0.1, 0.15) is 26.3 Å². The number of nitro groups is 1. The summed E-state index contributed by atoms with van der Waals surface area (Å²) in [6.45, 7) is 6.34. The molecule has 0 bridgehead atoms. The standard InChI is InChI=1S/C11H17N3O2S/c1-11(2,3)17-7-8-4-5-9(13-12)10(6-8)14(15)16/h4-6,13H,7,12H2,1-3H3. The summed E-state index contributed by atoms with van der Waals surface area (Å²) in [4.78, 5) is 10.4. The monoisotopic (exact) mass is 255 g/mol. The zero-order valence-corrected chi connectivity index (χ0v) is 11.0. The Labute approximate surface area is 105 Å². The number of anilines is 1. The Morgan fingerprint density at radius 3 is 2.59 bits per heavy atom. The van der Waals surface area contributed by atoms with Gasteiger partial charge in [-0.3, -0.25) is 16.0 Å². The largest absolute Gasteiger partial charge is 0.318 e. The van der Waals surface area contributed by atoms with Crippen molar-refractivity contribution in [2.45, 2.75) is 31.3 Å². The van der Waals surface area contributed by atoms with Gasteiger partial charge in [0.1, 0.15) is 5.69 Å². The van der Waals surface area contributed by atoms with Gasteiger partial charge in [-0.1, -0.05) is 26.8 Å². The molecule has 94 valence electrons. The Kier molecular flexibility index (Phi) is 4.36. The highest BCUT2D eigenvalue weighted by Crippen LogP contribution is 2.30. The molecular weight excluding hydrogens is 238 g/mol. The molecule has 0 heterocycles. The summed E-state index contributed by atoms with van der Waals surface area (Å²) in [6, 6.07) is 5.05. The third-order valence-corrected chi connectivity index (χ3v) is 3.43. The molecule has 1 aromatic carbocycles. The van der Waals surface area contributed by atoms with Gasteiger partial charge in [-0.2, -0.15) is 11.8 Å². The number of thioether (sulfide) groups is 1. The molecule has 0 radical (unpaired) electrons. The summed E-state index contributed by atoms with van der Waals surface area (Å²) >= 11 is 1.75. The lowest BCUT2D eigenvalue weighted by Gasteiger charge is -2.17. The minimum Gasteiger partial charge on any atom is -0.318 e. The predicted octanol–water partition coefficient (Wildman–Crippen LogP) is 2.91. The number of nitrogens with one attached hydrogen (secondary N) is 1. The van der Waals surface area contributed by atoms with E-state index in [9.17, 15) is 10.1 Å². The molecule has 3 N–H and O–H groups in total. The van der Waals surface area contributed by atoms with Gasteiger partial charge in [0, 0.05) is 16.6 Å². The Morgan fingerprint density at radius 2 is 2.12 bits per heavy atom. The molecule has 1 rings (SSSR count). The SMILES string of the molecule is CC(C)(C)SCc1ccc(NN)c([N+](=O)[O-])c1. The highest BCUT2D eigenvalue weighted by Gasteiger charge is 2.15. The Hall–Kier alpha value is -1.27. The zero-order valence-electron chi connectivity index (χ0n) is 10.2. The van der Waals surface area contributed by atoms with Crippen molar-refractivity contribution in [1.29, 1.82) is 0 Å². The molecule has 1 aromatic rings. The summed E-state index contributed by atoms with van der Waals surface area (Å²) in [5, 5.41) is 10.8. The van der Waals surface area contributed by atoms with Crippen LogP contribution in [0.2, 0.25) is 0 Å². The minimum absolute atomic E-state index is 0.0134. The van der Waals surface area contributed by atoms with Crippen LogP contribution >= 0.6 is 11.8 Å². The van der Waals surface area contributed by atoms with E-state index in [1.807, 2.05) is 6.07 Å². The summed E-state index contributed by atoms with van der Waals surface area (Å²) in [6.07, 6.45) is 0. The van der Waals surface area contributed by atoms with E-state index in [2.05, 4.69) is 26.2 Å². The Balaban J connectivity index is 2.89. The van der Waals surface area contributed by atoms with Gasteiger partial charge in [-0.25, -0.2) is 0 Å². The number of rotatable bonds is 4. The number of nitro benzene ring substituents is 1. The smallest absolute Gasteiger partial charge is 0.293 e. The minimum atomic E-state index is -0.430. The van der Waals surface area contributed by atoms with Crippen LogP contribution in [0.15, 0.2) is 18.2 Å². The molecule has 0 aliphatic heterocycles. The fourth-order valence-corrected chi connectivity index (χ4v) is 2.02. The van der Waals surface area contributed by atoms with Crippen molar-refractivity contribution in [2.24, 2.45) is 5.84 Å². The Bertz CT molecular complexity index is 416. The van der Waals surface area contributed by atoms with E-state index in [4.69, 9.17) is 5.84 Å². The first-order valence-corrected chi connectivity index (χ1v) is 6.20. The quantitative estimate of drug-likeness (QED) is 0.491. The third kappa shape index (κ3) is 4.24. The fraction of sp³-hybridized carbons (Fsp3) is 0.455. The number of hydrogen-bond acceptors (Lipinski definition) is 5. The molecule has 0 aliphatic carbocycles. The van der Waals surface area contributed by atoms with E-state index in [1.54, 1.807) is 23.9 Å². The van der Waals surface area contributed by atoms with Gasteiger partial charge in [0.2, 0.25) is 0 Å². The second-order valence-electron chi connectivity index (χ2n) is 4.65. The van der Waals surface area contributed by atoms with Crippen molar-refractivity contribution < 1.29 is 4.92 Å². The van der Waals surface area contributed by atoms with Crippen molar-refractivity contribution in [3.8, 4) is 0 Å². The lowest BCUT2D eigenvalue weighted by atomic mass is 10.2. The van der Waals surface area contributed by atoms with Gasteiger partial charge in [0.05, 0.1) is 4.92 Å². The van der Waals surface area contributed by atoms with Crippen molar-refractivity contribution in [2.75, 3.05) is 5.43 Å². The van der Waals surface area contributed by atoms with E-state index < -0.39 is 4.92 Å². The normalized spacial score (nSPS) is 11.3. The van der Waals surface area contributed by atoms with Crippen molar-refractivity contribution >= 4 is 23.1 Å². The van der Waals surface area contributed by atoms with Gasteiger partial charge in [-0.15, -0.1) is 0 Å². The summed E-state index contributed by atoms with van der Waals surface area (Å²) < 4.78 is 0.138. The number of benzene rings is 1. The average molecular weight is 255 g/mol. The van der Waals surface area contributed by atoms with E-state index >= 15 is 0 Å². The lowest BCUT2D eigenvalue weighted by Crippen LogP contribution is -2.10. The Morgan fingerprint density at radius 1 is 1.47 bits per heavy atom. The molecule has 0 aromatic heterocycles. The number of nitrogens with zero attached hydrogens (tertiary/aromatic N) is 1. The highest BCUT2D eigenvalue weighted by atomic mass is 32.2. The fourth-order valence-electron chi connectivity index (χ4n) is 1.24. The van der Waals surface area contributed by atoms with Crippen LogP contribution < -0.4 is 11.3 Å². The topological polar surface area (TPSA) is 81.2 Å². The van der Waals surface area contributed by atoms with E-state index in [1.165, 1.54) is 0 Å². The van der Waals surface area contributed by atoms with Gasteiger partial charge in [0.15, 0.2) is 0 Å². The first kappa shape index (κ1) is 13.8. The number of hydrazine groups is 1. The molecule has 0 fully saturated rings. The first-order valence-electron chi connectivity index (χ1n) is 5.21. The van der Waals surface area contributed by atoms with Crippen LogP contribution in [0.4, 0.5) is 11.4 Å². The van der Waals surface area contributed by atoms with Gasteiger partial charge in [0.25, 0.3) is 5.69 Å². The molecule has 6 heteroatoms. The molecule has 0 amide bonds. The van der Waals surface area contributed by atoms with E-state index in [0.717, 1.165) is 11.3 Å². The summed E-state index contributed by atoms with van der Waals surface area (Å²) in [5.74, 6) is 5.97. The first-order chi connectivity index (χ1) is 7.83. The van der Waals surface area contributed by atoms with Crippen LogP contribution in [0.25, 0.3) is 0 Å². The van der Waals surface area contributed by atoms with E-state index in [-0.39, 0.29) is 10.4 Å². The van der Waals surface area contributed by atoms with Crippen molar-refractivity contribution in [3.05, 3.63) is 33.9 Å². The molecule has 0 saturated heterocycles. The molecule has 0 aliphatic rings. The van der Waals surface area contributed by atoms with Gasteiger partial charge < -0.3 is 5.43 Å². The molecular formula is C11H17N3O2S. The van der Waals surface area contributed by atoms with Crippen LogP contribution in [0, 0.1) is 10.1 Å². The van der Waals surface area contributed by atoms with Crippen LogP contribution in [0.3, 0.4) is 0 Å². The van der Waals surface area contributed by atoms with Crippen LogP contribution in [0.5, 0.6) is 0 Å². The van der Waals surface area contributed by atoms with Crippen LogP contribution in [-0.4, -0.2) is 9.67 Å². The summed E-state index contributed by atoms with van der Waals surface area (Å²) in [5.41, 5.74) is 3.60. The number of nitrogen functional groups attached to an aromatic ring is 1. The second kappa shape index (κ2) is 5.37. The second-order valence-corrected chi connectivity index (χ2v) is 6.46. The van der Waals surface area contributed by atoms with Gasteiger partial charge in [-0.05, 0) is 11.6 Å². The van der Waals surface area contributed by atoms with Crippen LogP contribution in [-0.2, 0) is 5.75 Å². The molecule has 5 nitrogen and oxygen atoms in total. The maximum Gasteiger partial charge on any atom is 0.293 e. The van der Waals surface area contributed by atoms with E-state index in [0.29, 0.717) is 5.69 Å². The summed E-state index contributed by atoms with van der Waals surface area (Å²) in [7, 11) is 0. The molecule has 0 unspecified atom stereocenters. The zero-order chi connectivity index (χ0) is 13.1. The van der Waals surface area contributed by atoms with Crippen molar-refractivity contribution in [3.63, 3.8) is 0 Å². The molecule has 0 spiro atoms. The van der Waals surface area contributed by atoms with Crippen molar-refractivity contribution in [1.82, 2.24) is 0 Å². The molecule has 17 heavy (non-hydrogen) atoms. The molecule has 0 atom stereocenters. The third-order valence-electron chi connectivity index (χ3n) is 2.09. The van der Waals surface area contributed by atoms with Gasteiger partial charge >= 0.3 is 0 Å². The predicted molar refractivity (Wildman–Crippen MR) is 72.0 cm³/mol. The highest BCUT2D eigenvalue weighted by molar-refractivity contribution is 7.99. The maximum atomic E-state index is 10.8. The number of hydrogen-bond donors (Lipinski definition) is 2. The average Bonchev–Trinajstić information content (AvgIpc) is 2.25. The number of nitrogens with two attached hydrogens (primary N) is 1. The maximum absolute atomic E-state index is 10.8.